The van der Waals surface area contributed by atoms with Gasteiger partial charge in [-0.05, 0) is 6.42 Å². The first-order chi connectivity index (χ1) is 4.18. The Morgan fingerprint density at radius 1 is 1.78 bits per heavy atom. The van der Waals surface area contributed by atoms with E-state index >= 15 is 0 Å². The predicted molar refractivity (Wildman–Crippen MR) is 30.5 cm³/mol. The minimum Gasteiger partial charge on any atom is -0.553 e. The Labute approximate surface area is 54.6 Å². The van der Waals surface area contributed by atoms with E-state index in [2.05, 4.69) is 17.4 Å². The van der Waals surface area contributed by atoms with Crippen molar-refractivity contribution < 1.29 is 20.4 Å². The van der Waals surface area contributed by atoms with E-state index in [0.29, 0.717) is 0 Å². The molecule has 0 aliphatic rings. The molecule has 0 bridgehead atoms. The minimum absolute atomic E-state index is 1.04. The van der Waals surface area contributed by atoms with Crippen LogP contribution in [0.2, 0.25) is 0 Å². The summed E-state index contributed by atoms with van der Waals surface area (Å²) in [6.45, 7) is 3.19. The van der Waals surface area contributed by atoms with Crippen LogP contribution in [0.25, 0.3) is 0 Å². The molecule has 4 heteroatoms. The molecule has 0 heterocycles. The summed E-state index contributed by atoms with van der Waals surface area (Å²) in [5.41, 5.74) is 3.60. The van der Waals surface area contributed by atoms with Crippen molar-refractivity contribution in [2.75, 3.05) is 13.7 Å². The van der Waals surface area contributed by atoms with Crippen LogP contribution in [-0.4, -0.2) is 19.8 Å². The Morgan fingerprint density at radius 2 is 2.00 bits per heavy atom. The van der Waals surface area contributed by atoms with Gasteiger partial charge in [0, 0.05) is 7.11 Å². The number of hydrogen-bond donors (Lipinski definition) is 1. The van der Waals surface area contributed by atoms with E-state index in [9.17, 15) is 0 Å². The Bertz CT molecular complexity index is 63.2. The maximum Gasteiger partial charge on any atom is 0.251 e. The van der Waals surface area contributed by atoms with Crippen molar-refractivity contribution in [3.63, 3.8) is 0 Å². The zero-order valence-corrected chi connectivity index (χ0v) is 5.85. The first kappa shape index (κ1) is 11.1. The summed E-state index contributed by atoms with van der Waals surface area (Å²) < 4.78 is 3.56. The molecule has 0 radical (unpaired) electrons. The van der Waals surface area contributed by atoms with E-state index in [1.165, 1.54) is 6.42 Å². The average Bonchev–Trinajstić information content (AvgIpc) is 1.89. The zero-order valence-electron chi connectivity index (χ0n) is 5.85. The highest BCUT2D eigenvalue weighted by atomic mass is 16.6. The van der Waals surface area contributed by atoms with Crippen LogP contribution in [0.1, 0.15) is 13.3 Å². The molecule has 0 aromatic carbocycles. The lowest BCUT2D eigenvalue weighted by Crippen LogP contribution is -2.49. The Hall–Kier alpha value is -0.770. The summed E-state index contributed by atoms with van der Waals surface area (Å²) in [5.74, 6) is 0. The molecule has 0 saturated heterocycles. The second-order valence-electron chi connectivity index (χ2n) is 1.31. The van der Waals surface area contributed by atoms with Crippen LogP contribution in [0.5, 0.6) is 0 Å². The first-order valence-corrected chi connectivity index (χ1v) is 2.73. The maximum absolute atomic E-state index is 9.03. The molecule has 3 N–H and O–H groups in total. The van der Waals surface area contributed by atoms with Gasteiger partial charge in [-0.15, -0.1) is 0 Å². The maximum atomic E-state index is 9.03. The van der Waals surface area contributed by atoms with E-state index in [0.717, 1.165) is 13.7 Å². The van der Waals surface area contributed by atoms with Gasteiger partial charge in [-0.3, -0.25) is 0 Å². The molecular formula is C5H13NO3. The summed E-state index contributed by atoms with van der Waals surface area (Å²) >= 11 is 0. The van der Waals surface area contributed by atoms with Gasteiger partial charge in [0.2, 0.25) is 0 Å². The summed E-state index contributed by atoms with van der Waals surface area (Å²) in [6.07, 6.45) is -0.287. The van der Waals surface area contributed by atoms with Crippen molar-refractivity contribution in [2.45, 2.75) is 13.3 Å². The monoisotopic (exact) mass is 135 g/mol. The van der Waals surface area contributed by atoms with Gasteiger partial charge in [-0.1, -0.05) is 6.92 Å². The number of carboxylic acid groups (broad SMARTS) is 1. The van der Waals surface area contributed by atoms with E-state index in [4.69, 9.17) is 9.90 Å². The highest BCUT2D eigenvalue weighted by Crippen LogP contribution is 1.55. The summed E-state index contributed by atoms with van der Waals surface area (Å²) in [5, 5.41) is 9.03. The third-order valence-electron chi connectivity index (χ3n) is 0.520. The van der Waals surface area contributed by atoms with Gasteiger partial charge in [0.1, 0.15) is 0 Å². The molecule has 4 nitrogen and oxygen atoms in total. The normalized spacial score (nSPS) is 7.00. The summed E-state index contributed by atoms with van der Waals surface area (Å²) in [4.78, 5) is 9.03. The standard InChI is InChI=1S/C3H9N.C2H4O3/c1-2-3-4;1-5-2(3)4/h2-4H2,1H3;1H3,(H,3,4). The minimum atomic E-state index is -1.50. The number of methoxy groups -OCH3 is 1. The molecule has 0 unspecified atom stereocenters. The zero-order chi connectivity index (χ0) is 7.70. The lowest BCUT2D eigenvalue weighted by atomic mass is 10.5. The lowest BCUT2D eigenvalue weighted by Gasteiger charge is -1.92. The van der Waals surface area contributed by atoms with Gasteiger partial charge < -0.3 is 20.4 Å². The van der Waals surface area contributed by atoms with Crippen molar-refractivity contribution in [3.8, 4) is 0 Å². The smallest absolute Gasteiger partial charge is 0.251 e. The van der Waals surface area contributed by atoms with Crippen LogP contribution < -0.4 is 10.8 Å². The van der Waals surface area contributed by atoms with E-state index in [1.54, 1.807) is 0 Å². The number of hydrogen-bond acceptors (Lipinski definition) is 3. The molecular weight excluding hydrogens is 122 g/mol. The van der Waals surface area contributed by atoms with Crippen molar-refractivity contribution >= 4 is 6.16 Å². The van der Waals surface area contributed by atoms with Crippen LogP contribution in [0.3, 0.4) is 0 Å². The number of carbonyl (C=O) groups is 1. The molecule has 9 heavy (non-hydrogen) atoms. The lowest BCUT2D eigenvalue weighted by molar-refractivity contribution is -0.367. The van der Waals surface area contributed by atoms with E-state index in [-0.39, 0.29) is 0 Å². The van der Waals surface area contributed by atoms with Crippen LogP contribution in [0, 0.1) is 0 Å². The van der Waals surface area contributed by atoms with Crippen molar-refractivity contribution in [1.29, 1.82) is 0 Å². The third kappa shape index (κ3) is 39.8. The van der Waals surface area contributed by atoms with Crippen LogP contribution in [-0.2, 0) is 4.74 Å². The van der Waals surface area contributed by atoms with Gasteiger partial charge in [0.25, 0.3) is 6.16 Å². The molecule has 0 rings (SSSR count). The fourth-order valence-electron chi connectivity index (χ4n) is 0. The van der Waals surface area contributed by atoms with Crippen molar-refractivity contribution in [1.82, 2.24) is 0 Å². The average molecular weight is 135 g/mol. The molecule has 0 aromatic rings. The Morgan fingerprint density at radius 3 is 2.00 bits per heavy atom. The molecule has 56 valence electrons. The van der Waals surface area contributed by atoms with Gasteiger partial charge in [-0.25, -0.2) is 0 Å². The number of ether oxygens (including phenoxy) is 1. The SMILES string of the molecule is CCC[NH3+].COC(=O)[O-]. The highest BCUT2D eigenvalue weighted by Gasteiger charge is 1.63. The topological polar surface area (TPSA) is 77.0 Å². The van der Waals surface area contributed by atoms with Gasteiger partial charge in [0.05, 0.1) is 6.54 Å². The van der Waals surface area contributed by atoms with Crippen LogP contribution in [0.15, 0.2) is 0 Å². The molecule has 0 aliphatic carbocycles. The molecule has 0 atom stereocenters. The quantitative estimate of drug-likeness (QED) is 0.450. The first-order valence-electron chi connectivity index (χ1n) is 2.73. The summed E-state index contributed by atoms with van der Waals surface area (Å²) in [6, 6.07) is 0. The number of carbonyl (C=O) groups excluding carboxylic acids is 1. The largest absolute Gasteiger partial charge is 0.553 e. The van der Waals surface area contributed by atoms with Crippen LogP contribution in [0.4, 0.5) is 4.79 Å². The van der Waals surface area contributed by atoms with E-state index in [1.807, 2.05) is 0 Å². The summed E-state index contributed by atoms with van der Waals surface area (Å²) in [7, 11) is 1.04. The molecule has 0 spiro atoms. The van der Waals surface area contributed by atoms with Crippen molar-refractivity contribution in [3.05, 3.63) is 0 Å². The molecule has 0 aromatic heterocycles. The van der Waals surface area contributed by atoms with Gasteiger partial charge in [-0.2, -0.15) is 0 Å². The fraction of sp³-hybridized carbons (Fsp3) is 0.800. The van der Waals surface area contributed by atoms with Crippen molar-refractivity contribution in [2.24, 2.45) is 0 Å². The highest BCUT2D eigenvalue weighted by molar-refractivity contribution is 5.53. The van der Waals surface area contributed by atoms with Gasteiger partial charge >= 0.3 is 0 Å². The molecule has 0 saturated carbocycles. The molecule has 0 aliphatic heterocycles. The molecule has 0 amide bonds. The Kier molecular flexibility index (Phi) is 12.6. The van der Waals surface area contributed by atoms with E-state index < -0.39 is 6.16 Å². The second-order valence-corrected chi connectivity index (χ2v) is 1.31. The number of rotatable bonds is 1. The number of quaternary nitrogens is 1. The Balaban J connectivity index is 0. The van der Waals surface area contributed by atoms with Gasteiger partial charge in [0.15, 0.2) is 0 Å². The molecule has 0 fully saturated rings. The second kappa shape index (κ2) is 10.3. The predicted octanol–water partition coefficient (Wildman–Crippen LogP) is -1.39. The fourth-order valence-corrected chi connectivity index (χ4v) is 0. The van der Waals surface area contributed by atoms with Crippen LogP contribution >= 0.6 is 0 Å². The third-order valence-corrected chi connectivity index (χ3v) is 0.520.